The van der Waals surface area contributed by atoms with E-state index in [1.807, 2.05) is 0 Å². The summed E-state index contributed by atoms with van der Waals surface area (Å²) in [4.78, 5) is 12.3. The molecule has 0 saturated heterocycles. The number of aromatic nitrogens is 2. The van der Waals surface area contributed by atoms with Crippen molar-refractivity contribution in [3.8, 4) is 0 Å². The summed E-state index contributed by atoms with van der Waals surface area (Å²) >= 11 is 0. The van der Waals surface area contributed by atoms with Crippen LogP contribution in [0.15, 0.2) is 6.07 Å². The van der Waals surface area contributed by atoms with Crippen molar-refractivity contribution in [1.29, 1.82) is 0 Å². The molecule has 0 aromatic carbocycles. The highest BCUT2D eigenvalue weighted by Gasteiger charge is 2.20. The average molecular weight is 456 g/mol. The van der Waals surface area contributed by atoms with E-state index in [1.165, 1.54) is 101 Å². The van der Waals surface area contributed by atoms with Crippen LogP contribution >= 0.6 is 0 Å². The maximum absolute atomic E-state index is 12.8. The van der Waals surface area contributed by atoms with Crippen molar-refractivity contribution < 1.29 is 13.6 Å². The van der Waals surface area contributed by atoms with E-state index < -0.39 is 12.5 Å². The van der Waals surface area contributed by atoms with Gasteiger partial charge in [0.25, 0.3) is 6.43 Å². The highest BCUT2D eigenvalue weighted by Crippen LogP contribution is 2.20. The van der Waals surface area contributed by atoms with Gasteiger partial charge in [-0.1, -0.05) is 103 Å². The zero-order valence-electron chi connectivity index (χ0n) is 20.8. The molecular formula is C26H47F2N3O. The molecule has 1 N–H and O–H groups in total. The fraction of sp³-hybridized carbons (Fsp3) is 0.846. The van der Waals surface area contributed by atoms with Crippen LogP contribution in [-0.2, 0) is 4.79 Å². The molecule has 1 amide bonds. The number of amides is 1. The molecule has 1 heterocycles. The molecule has 186 valence electrons. The van der Waals surface area contributed by atoms with Crippen molar-refractivity contribution in [2.75, 3.05) is 6.54 Å². The van der Waals surface area contributed by atoms with Gasteiger partial charge in [-0.25, -0.2) is 8.78 Å². The topological polar surface area (TPSA) is 46.9 Å². The van der Waals surface area contributed by atoms with Crippen LogP contribution in [0.1, 0.15) is 140 Å². The van der Waals surface area contributed by atoms with Gasteiger partial charge in [0.1, 0.15) is 11.7 Å². The van der Waals surface area contributed by atoms with Gasteiger partial charge in [-0.15, -0.1) is 0 Å². The second-order valence-corrected chi connectivity index (χ2v) is 9.23. The number of alkyl halides is 2. The van der Waals surface area contributed by atoms with Gasteiger partial charge in [-0.2, -0.15) is 5.10 Å². The van der Waals surface area contributed by atoms with Crippen LogP contribution in [0.4, 0.5) is 8.78 Å². The molecule has 0 spiro atoms. The first kappa shape index (κ1) is 28.6. The number of halogens is 2. The molecule has 0 aliphatic carbocycles. The number of nitrogens with one attached hydrogen (secondary N) is 1. The molecule has 0 fully saturated rings. The summed E-state index contributed by atoms with van der Waals surface area (Å²) in [5.41, 5.74) is 0.297. The monoisotopic (exact) mass is 455 g/mol. The van der Waals surface area contributed by atoms with E-state index in [9.17, 15) is 13.6 Å². The number of aryl methyl sites for hydroxylation is 1. The highest BCUT2D eigenvalue weighted by molar-refractivity contribution is 5.79. The van der Waals surface area contributed by atoms with Crippen LogP contribution in [0.3, 0.4) is 0 Å². The van der Waals surface area contributed by atoms with E-state index in [-0.39, 0.29) is 11.6 Å². The van der Waals surface area contributed by atoms with Gasteiger partial charge in [0.15, 0.2) is 0 Å². The number of nitrogens with zero attached hydrogens (tertiary/aromatic N) is 2. The molecule has 32 heavy (non-hydrogen) atoms. The second-order valence-electron chi connectivity index (χ2n) is 9.23. The Balaban J connectivity index is 1.93. The second kappa shape index (κ2) is 18.0. The molecule has 0 aliphatic rings. The lowest BCUT2D eigenvalue weighted by Gasteiger charge is -2.14. The summed E-state index contributed by atoms with van der Waals surface area (Å²) in [5, 5.41) is 6.77. The maximum atomic E-state index is 12.8. The Morgan fingerprint density at radius 2 is 1.31 bits per heavy atom. The Labute approximate surface area is 194 Å². The molecule has 0 aliphatic heterocycles. The standard InChI is InChI=1S/C26H47F2N3O/c1-4-5-6-7-8-9-10-11-12-13-14-15-16-17-18-19-20-29-26(32)23(3)31-22(2)21-24(30-31)25(27)28/h21,23,25H,4-20H2,1-3H3,(H,29,32). The third-order valence-electron chi connectivity index (χ3n) is 6.24. The molecule has 1 atom stereocenters. The van der Waals surface area contributed by atoms with Crippen LogP contribution in [-0.4, -0.2) is 22.2 Å². The molecule has 0 bridgehead atoms. The Kier molecular flexibility index (Phi) is 16.1. The molecule has 4 nitrogen and oxygen atoms in total. The smallest absolute Gasteiger partial charge is 0.282 e. The van der Waals surface area contributed by atoms with E-state index in [0.29, 0.717) is 12.2 Å². The molecule has 0 saturated carbocycles. The minimum absolute atomic E-state index is 0.169. The van der Waals surface area contributed by atoms with Crippen molar-refractivity contribution in [3.05, 3.63) is 17.5 Å². The van der Waals surface area contributed by atoms with Gasteiger partial charge in [0.05, 0.1) is 0 Å². The summed E-state index contributed by atoms with van der Waals surface area (Å²) in [6, 6.07) is 0.757. The van der Waals surface area contributed by atoms with E-state index >= 15 is 0 Å². The Morgan fingerprint density at radius 3 is 1.72 bits per heavy atom. The molecule has 0 radical (unpaired) electrons. The quantitative estimate of drug-likeness (QED) is 0.202. The van der Waals surface area contributed by atoms with Crippen LogP contribution in [0, 0.1) is 6.92 Å². The summed E-state index contributed by atoms with van der Waals surface area (Å²) < 4.78 is 26.9. The lowest BCUT2D eigenvalue weighted by atomic mass is 10.0. The van der Waals surface area contributed by atoms with Crippen molar-refractivity contribution in [1.82, 2.24) is 15.1 Å². The largest absolute Gasteiger partial charge is 0.354 e. The van der Waals surface area contributed by atoms with Crippen molar-refractivity contribution in [2.45, 2.75) is 136 Å². The molecular weight excluding hydrogens is 408 g/mol. The first-order valence-electron chi connectivity index (χ1n) is 13.1. The first-order valence-corrected chi connectivity index (χ1v) is 13.1. The van der Waals surface area contributed by atoms with Gasteiger partial charge in [0.2, 0.25) is 5.91 Å². The third-order valence-corrected chi connectivity index (χ3v) is 6.24. The summed E-state index contributed by atoms with van der Waals surface area (Å²) in [6.07, 6.45) is 18.5. The third kappa shape index (κ3) is 12.5. The number of carbonyl (C=O) groups is 1. The van der Waals surface area contributed by atoms with E-state index in [2.05, 4.69) is 17.3 Å². The van der Waals surface area contributed by atoms with Crippen molar-refractivity contribution in [2.24, 2.45) is 0 Å². The summed E-state index contributed by atoms with van der Waals surface area (Å²) in [6.45, 7) is 6.28. The molecule has 1 aromatic rings. The first-order chi connectivity index (χ1) is 15.5. The van der Waals surface area contributed by atoms with Gasteiger partial charge in [-0.3, -0.25) is 9.48 Å². The van der Waals surface area contributed by atoms with E-state index in [4.69, 9.17) is 0 Å². The number of rotatable bonds is 20. The SMILES string of the molecule is CCCCCCCCCCCCCCCCCCNC(=O)C(C)n1nc(C(F)F)cc1C. The van der Waals surface area contributed by atoms with E-state index in [1.54, 1.807) is 13.8 Å². The zero-order chi connectivity index (χ0) is 23.6. The van der Waals surface area contributed by atoms with Crippen molar-refractivity contribution in [3.63, 3.8) is 0 Å². The minimum atomic E-state index is -2.62. The minimum Gasteiger partial charge on any atom is -0.354 e. The van der Waals surface area contributed by atoms with Gasteiger partial charge >= 0.3 is 0 Å². The summed E-state index contributed by atoms with van der Waals surface area (Å²) in [7, 11) is 0. The average Bonchev–Trinajstić information content (AvgIpc) is 3.17. The highest BCUT2D eigenvalue weighted by atomic mass is 19.3. The van der Waals surface area contributed by atoms with Crippen LogP contribution in [0.5, 0.6) is 0 Å². The molecule has 6 heteroatoms. The van der Waals surface area contributed by atoms with Crippen LogP contribution in [0.25, 0.3) is 0 Å². The maximum Gasteiger partial charge on any atom is 0.282 e. The Bertz CT molecular complexity index is 604. The number of hydrogen-bond acceptors (Lipinski definition) is 2. The normalized spacial score (nSPS) is 12.4. The van der Waals surface area contributed by atoms with Gasteiger partial charge in [-0.05, 0) is 26.3 Å². The van der Waals surface area contributed by atoms with E-state index in [0.717, 1.165) is 12.8 Å². The molecule has 1 rings (SSSR count). The predicted octanol–water partition coefficient (Wildman–Crippen LogP) is 8.07. The lowest BCUT2D eigenvalue weighted by molar-refractivity contribution is -0.124. The number of hydrogen-bond donors (Lipinski definition) is 1. The lowest BCUT2D eigenvalue weighted by Crippen LogP contribution is -2.32. The van der Waals surface area contributed by atoms with Crippen molar-refractivity contribution >= 4 is 5.91 Å². The molecule has 1 unspecified atom stereocenters. The Morgan fingerprint density at radius 1 is 0.875 bits per heavy atom. The summed E-state index contributed by atoms with van der Waals surface area (Å²) in [5.74, 6) is -0.169. The fourth-order valence-corrected chi connectivity index (χ4v) is 4.15. The van der Waals surface area contributed by atoms with Gasteiger partial charge < -0.3 is 5.32 Å². The predicted molar refractivity (Wildman–Crippen MR) is 129 cm³/mol. The fourth-order valence-electron chi connectivity index (χ4n) is 4.15. The van der Waals surface area contributed by atoms with Crippen LogP contribution in [0.2, 0.25) is 0 Å². The number of unbranched alkanes of at least 4 members (excludes halogenated alkanes) is 15. The molecule has 1 aromatic heterocycles. The zero-order valence-corrected chi connectivity index (χ0v) is 20.8. The van der Waals surface area contributed by atoms with Gasteiger partial charge in [0, 0.05) is 12.2 Å². The Hall–Kier alpha value is -1.46. The number of carbonyl (C=O) groups excluding carboxylic acids is 1. The van der Waals surface area contributed by atoms with Crippen LogP contribution < -0.4 is 5.32 Å².